The lowest BCUT2D eigenvalue weighted by molar-refractivity contribution is 0.237. The Kier molecular flexibility index (Phi) is 5.16. The Labute approximate surface area is 184 Å². The average molecular weight is 441 g/mol. The van der Waals surface area contributed by atoms with Crippen LogP contribution in [0.3, 0.4) is 0 Å². The number of aromatic nitrogens is 3. The summed E-state index contributed by atoms with van der Waals surface area (Å²) in [5.41, 5.74) is 3.40. The highest BCUT2D eigenvalue weighted by atomic mass is 35.5. The van der Waals surface area contributed by atoms with Crippen LogP contribution in [0.4, 0.5) is 4.39 Å². The molecule has 1 aliphatic rings. The minimum atomic E-state index is -0.415. The highest BCUT2D eigenvalue weighted by Crippen LogP contribution is 2.34. The van der Waals surface area contributed by atoms with Crippen LogP contribution >= 0.6 is 11.6 Å². The molecule has 4 aromatic rings. The molecule has 2 aromatic carbocycles. The maximum atomic E-state index is 13.7. The van der Waals surface area contributed by atoms with Crippen molar-refractivity contribution in [1.29, 1.82) is 0 Å². The highest BCUT2D eigenvalue weighted by molar-refractivity contribution is 6.31. The first-order valence-corrected chi connectivity index (χ1v) is 10.6. The normalized spacial score (nSPS) is 17.0. The van der Waals surface area contributed by atoms with E-state index >= 15 is 0 Å². The van der Waals surface area contributed by atoms with Gasteiger partial charge in [-0.25, -0.2) is 14.4 Å². The molecule has 1 saturated heterocycles. The number of methoxy groups -OCH3 is 1. The van der Waals surface area contributed by atoms with Gasteiger partial charge in [0.05, 0.1) is 29.9 Å². The number of nitrogens with one attached hydrogen (secondary N) is 1. The number of benzene rings is 2. The Morgan fingerprint density at radius 3 is 2.97 bits per heavy atom. The lowest BCUT2D eigenvalue weighted by Gasteiger charge is -2.21. The van der Waals surface area contributed by atoms with E-state index in [1.807, 2.05) is 25.1 Å². The number of imidazole rings is 1. The summed E-state index contributed by atoms with van der Waals surface area (Å²) < 4.78 is 24.7. The van der Waals surface area contributed by atoms with Crippen molar-refractivity contribution in [2.75, 3.05) is 13.7 Å². The molecule has 1 atom stereocenters. The Balaban J connectivity index is 1.40. The molecular weight excluding hydrogens is 419 g/mol. The zero-order valence-corrected chi connectivity index (χ0v) is 18.0. The molecule has 0 spiro atoms. The zero-order chi connectivity index (χ0) is 21.5. The third kappa shape index (κ3) is 3.79. The first-order chi connectivity index (χ1) is 15.0. The number of fused-ring (bicyclic) bond motifs is 1. The second-order valence-corrected chi connectivity index (χ2v) is 8.22. The highest BCUT2D eigenvalue weighted by Gasteiger charge is 2.30. The number of ether oxygens (including phenoxy) is 1. The molecule has 1 N–H and O–H groups in total. The quantitative estimate of drug-likeness (QED) is 0.433. The lowest BCUT2D eigenvalue weighted by Crippen LogP contribution is -2.24. The van der Waals surface area contributed by atoms with Gasteiger partial charge in [-0.1, -0.05) is 11.6 Å². The summed E-state index contributed by atoms with van der Waals surface area (Å²) >= 11 is 6.12. The van der Waals surface area contributed by atoms with E-state index in [-0.39, 0.29) is 11.8 Å². The van der Waals surface area contributed by atoms with Crippen molar-refractivity contribution in [3.05, 3.63) is 64.5 Å². The van der Waals surface area contributed by atoms with Crippen LogP contribution in [0, 0.1) is 12.7 Å². The maximum Gasteiger partial charge on any atom is 0.226 e. The molecule has 0 saturated carbocycles. The third-order valence-corrected chi connectivity index (χ3v) is 6.02. The van der Waals surface area contributed by atoms with Crippen molar-refractivity contribution in [3.63, 3.8) is 0 Å². The molecule has 5 rings (SSSR count). The lowest BCUT2D eigenvalue weighted by atomic mass is 10.2. The van der Waals surface area contributed by atoms with E-state index < -0.39 is 5.82 Å². The van der Waals surface area contributed by atoms with Crippen LogP contribution in [0.2, 0.25) is 5.02 Å². The molecule has 1 aliphatic heterocycles. The van der Waals surface area contributed by atoms with Gasteiger partial charge in [0.2, 0.25) is 5.89 Å². The van der Waals surface area contributed by atoms with Crippen LogP contribution in [0.25, 0.3) is 22.5 Å². The van der Waals surface area contributed by atoms with E-state index in [1.165, 1.54) is 13.2 Å². The number of rotatable bonds is 5. The smallest absolute Gasteiger partial charge is 0.226 e. The summed E-state index contributed by atoms with van der Waals surface area (Å²) in [6.45, 7) is 3.51. The van der Waals surface area contributed by atoms with Gasteiger partial charge in [-0.3, -0.25) is 4.90 Å². The van der Waals surface area contributed by atoms with Gasteiger partial charge in [0, 0.05) is 17.1 Å². The van der Waals surface area contributed by atoms with Crippen LogP contribution in [0.1, 0.15) is 36.2 Å². The molecule has 2 aromatic heterocycles. The predicted octanol–water partition coefficient (Wildman–Crippen LogP) is 5.66. The monoisotopic (exact) mass is 440 g/mol. The van der Waals surface area contributed by atoms with Crippen LogP contribution in [0.5, 0.6) is 5.75 Å². The molecule has 0 bridgehead atoms. The van der Waals surface area contributed by atoms with Gasteiger partial charge in [0.15, 0.2) is 11.6 Å². The van der Waals surface area contributed by atoms with Gasteiger partial charge in [-0.05, 0) is 62.7 Å². The average Bonchev–Trinajstić information content (AvgIpc) is 3.47. The number of hydrogen-bond donors (Lipinski definition) is 1. The standard InChI is InChI=1S/C23H22ClFN4O2/c1-13-19(28-23(31-13)14-5-7-16(25)21(10-14)30-2)12-29-9-3-4-20(29)22-26-17-8-6-15(24)11-18(17)27-22/h5-8,10-11,20H,3-4,9,12H2,1-2H3,(H,26,27)/t20-/m1/s1. The largest absolute Gasteiger partial charge is 0.494 e. The minimum Gasteiger partial charge on any atom is -0.494 e. The number of H-pyrrole nitrogens is 1. The van der Waals surface area contributed by atoms with Crippen LogP contribution in [-0.2, 0) is 6.54 Å². The van der Waals surface area contributed by atoms with Gasteiger partial charge >= 0.3 is 0 Å². The third-order valence-electron chi connectivity index (χ3n) is 5.79. The summed E-state index contributed by atoms with van der Waals surface area (Å²) in [5, 5.41) is 0.689. The van der Waals surface area contributed by atoms with Gasteiger partial charge in [0.1, 0.15) is 11.6 Å². The van der Waals surface area contributed by atoms with Crippen LogP contribution < -0.4 is 4.74 Å². The van der Waals surface area contributed by atoms with Gasteiger partial charge in [0.25, 0.3) is 0 Å². The van der Waals surface area contributed by atoms with E-state index in [1.54, 1.807) is 12.1 Å². The molecule has 0 unspecified atom stereocenters. The first kappa shape index (κ1) is 20.0. The molecule has 0 radical (unpaired) electrons. The molecular formula is C23H22ClFN4O2. The molecule has 6 nitrogen and oxygen atoms in total. The first-order valence-electron chi connectivity index (χ1n) is 10.2. The Hall–Kier alpha value is -2.90. The SMILES string of the molecule is COc1cc(-c2nc(CN3CCC[C@@H]3c3nc4ccc(Cl)cc4[nH]3)c(C)o2)ccc1F. The number of halogens is 2. The number of likely N-dealkylation sites (tertiary alicyclic amines) is 1. The van der Waals surface area contributed by atoms with Crippen molar-refractivity contribution in [2.24, 2.45) is 0 Å². The maximum absolute atomic E-state index is 13.7. The van der Waals surface area contributed by atoms with E-state index in [4.69, 9.17) is 30.7 Å². The summed E-state index contributed by atoms with van der Waals surface area (Å²) in [6.07, 6.45) is 2.11. The van der Waals surface area contributed by atoms with Crippen molar-refractivity contribution in [1.82, 2.24) is 19.9 Å². The number of nitrogens with zero attached hydrogens (tertiary/aromatic N) is 3. The van der Waals surface area contributed by atoms with E-state index in [9.17, 15) is 4.39 Å². The fourth-order valence-electron chi connectivity index (χ4n) is 4.17. The van der Waals surface area contributed by atoms with Crippen LogP contribution in [0.15, 0.2) is 40.8 Å². The van der Waals surface area contributed by atoms with Gasteiger partial charge in [-0.15, -0.1) is 0 Å². The van der Waals surface area contributed by atoms with Crippen molar-refractivity contribution in [2.45, 2.75) is 32.4 Å². The van der Waals surface area contributed by atoms with E-state index in [2.05, 4.69) is 9.88 Å². The second kappa shape index (κ2) is 7.98. The van der Waals surface area contributed by atoms with Gasteiger partial charge < -0.3 is 14.1 Å². The van der Waals surface area contributed by atoms with Crippen LogP contribution in [-0.4, -0.2) is 33.5 Å². The molecule has 8 heteroatoms. The molecule has 160 valence electrons. The Morgan fingerprint density at radius 2 is 2.13 bits per heavy atom. The summed E-state index contributed by atoms with van der Waals surface area (Å²) in [7, 11) is 1.44. The summed E-state index contributed by atoms with van der Waals surface area (Å²) in [4.78, 5) is 15.3. The fourth-order valence-corrected chi connectivity index (χ4v) is 4.34. The molecule has 3 heterocycles. The van der Waals surface area contributed by atoms with Crippen molar-refractivity contribution < 1.29 is 13.5 Å². The predicted molar refractivity (Wildman–Crippen MR) is 117 cm³/mol. The van der Waals surface area contributed by atoms with Gasteiger partial charge in [-0.2, -0.15) is 0 Å². The molecule has 1 fully saturated rings. The zero-order valence-electron chi connectivity index (χ0n) is 17.3. The topological polar surface area (TPSA) is 67.2 Å². The minimum absolute atomic E-state index is 0.166. The summed E-state index contributed by atoms with van der Waals surface area (Å²) in [6, 6.07) is 10.5. The van der Waals surface area contributed by atoms with Crippen molar-refractivity contribution in [3.8, 4) is 17.2 Å². The van der Waals surface area contributed by atoms with Crippen molar-refractivity contribution >= 4 is 22.6 Å². The Morgan fingerprint density at radius 1 is 1.26 bits per heavy atom. The fraction of sp³-hybridized carbons (Fsp3) is 0.304. The summed E-state index contributed by atoms with van der Waals surface area (Å²) in [5.74, 6) is 1.90. The molecule has 0 aliphatic carbocycles. The van der Waals surface area contributed by atoms with E-state index in [0.717, 1.165) is 47.7 Å². The molecule has 31 heavy (non-hydrogen) atoms. The molecule has 0 amide bonds. The van der Waals surface area contributed by atoms with E-state index in [0.29, 0.717) is 23.0 Å². The Bertz CT molecular complexity index is 1250. The second-order valence-electron chi connectivity index (χ2n) is 7.78. The number of hydrogen-bond acceptors (Lipinski definition) is 5. The number of aryl methyl sites for hydroxylation is 1. The number of aromatic amines is 1. The number of oxazole rings is 1.